The highest BCUT2D eigenvalue weighted by Gasteiger charge is 2.10. The molecule has 2 aromatic rings. The van der Waals surface area contributed by atoms with E-state index in [1.165, 1.54) is 0 Å². The van der Waals surface area contributed by atoms with Crippen LogP contribution in [0.3, 0.4) is 0 Å². The number of primary amides is 1. The highest BCUT2D eigenvalue weighted by Crippen LogP contribution is 2.17. The molecule has 0 atom stereocenters. The summed E-state index contributed by atoms with van der Waals surface area (Å²) in [5.41, 5.74) is 7.29. The summed E-state index contributed by atoms with van der Waals surface area (Å²) in [6.07, 6.45) is 1.55. The Morgan fingerprint density at radius 3 is 2.55 bits per heavy atom. The normalized spacial score (nSPS) is 10.1. The minimum absolute atomic E-state index is 0.312. The summed E-state index contributed by atoms with van der Waals surface area (Å²) in [7, 11) is 0. The van der Waals surface area contributed by atoms with Crippen LogP contribution >= 0.6 is 15.9 Å². The summed E-state index contributed by atoms with van der Waals surface area (Å²) in [6.45, 7) is 1.79. The van der Waals surface area contributed by atoms with E-state index in [0.717, 1.165) is 10.0 Å². The fourth-order valence-electron chi connectivity index (χ4n) is 1.65. The first-order chi connectivity index (χ1) is 9.47. The van der Waals surface area contributed by atoms with Crippen LogP contribution in [-0.4, -0.2) is 16.8 Å². The zero-order valence-corrected chi connectivity index (χ0v) is 12.3. The second kappa shape index (κ2) is 5.83. The standard InChI is InChI=1S/C14H12BrN3O2/c1-8-6-9(13(16)19)2-4-11(8)18-14(20)12-5-3-10(15)7-17-12/h2-7H,1H3,(H2,16,19)(H,18,20). The van der Waals surface area contributed by atoms with Gasteiger partial charge in [0.1, 0.15) is 5.69 Å². The second-order valence-electron chi connectivity index (χ2n) is 4.21. The van der Waals surface area contributed by atoms with Gasteiger partial charge < -0.3 is 11.1 Å². The summed E-state index contributed by atoms with van der Waals surface area (Å²) in [5, 5.41) is 2.74. The zero-order chi connectivity index (χ0) is 14.7. The number of amides is 2. The second-order valence-corrected chi connectivity index (χ2v) is 5.13. The molecule has 3 N–H and O–H groups in total. The van der Waals surface area contributed by atoms with Gasteiger partial charge in [0.05, 0.1) is 0 Å². The molecule has 0 aliphatic carbocycles. The lowest BCUT2D eigenvalue weighted by atomic mass is 10.1. The van der Waals surface area contributed by atoms with E-state index in [9.17, 15) is 9.59 Å². The molecule has 0 spiro atoms. The molecular formula is C14H12BrN3O2. The number of aryl methyl sites for hydroxylation is 1. The molecule has 0 saturated heterocycles. The van der Waals surface area contributed by atoms with Gasteiger partial charge in [-0.05, 0) is 58.7 Å². The van der Waals surface area contributed by atoms with Crippen molar-refractivity contribution in [3.63, 3.8) is 0 Å². The highest BCUT2D eigenvalue weighted by molar-refractivity contribution is 9.10. The van der Waals surface area contributed by atoms with Crippen molar-refractivity contribution in [1.29, 1.82) is 0 Å². The predicted octanol–water partition coefficient (Wildman–Crippen LogP) is 2.50. The Bertz CT molecular complexity index is 669. The summed E-state index contributed by atoms with van der Waals surface area (Å²) in [6, 6.07) is 8.20. The van der Waals surface area contributed by atoms with Crippen molar-refractivity contribution in [2.24, 2.45) is 5.73 Å². The number of rotatable bonds is 3. The lowest BCUT2D eigenvalue weighted by Crippen LogP contribution is -2.15. The molecule has 20 heavy (non-hydrogen) atoms. The number of carbonyl (C=O) groups excluding carboxylic acids is 2. The summed E-state index contributed by atoms with van der Waals surface area (Å²) < 4.78 is 0.802. The average molecular weight is 334 g/mol. The van der Waals surface area contributed by atoms with Gasteiger partial charge in [0, 0.05) is 21.9 Å². The van der Waals surface area contributed by atoms with Gasteiger partial charge in [0.15, 0.2) is 0 Å². The molecule has 0 aliphatic heterocycles. The Morgan fingerprint density at radius 1 is 1.25 bits per heavy atom. The Balaban J connectivity index is 2.19. The van der Waals surface area contributed by atoms with Crippen molar-refractivity contribution in [3.05, 3.63) is 57.8 Å². The van der Waals surface area contributed by atoms with Crippen LogP contribution in [0.25, 0.3) is 0 Å². The van der Waals surface area contributed by atoms with E-state index < -0.39 is 5.91 Å². The SMILES string of the molecule is Cc1cc(C(N)=O)ccc1NC(=O)c1ccc(Br)cn1. The number of hydrogen-bond acceptors (Lipinski definition) is 3. The van der Waals surface area contributed by atoms with E-state index in [4.69, 9.17) is 5.73 Å². The van der Waals surface area contributed by atoms with Crippen LogP contribution in [0.2, 0.25) is 0 Å². The van der Waals surface area contributed by atoms with Crippen LogP contribution in [0.15, 0.2) is 41.0 Å². The molecule has 0 radical (unpaired) electrons. The largest absolute Gasteiger partial charge is 0.366 e. The van der Waals surface area contributed by atoms with Gasteiger partial charge in [-0.15, -0.1) is 0 Å². The van der Waals surface area contributed by atoms with E-state index in [1.54, 1.807) is 43.5 Å². The molecule has 1 aromatic heterocycles. The van der Waals surface area contributed by atoms with Gasteiger partial charge in [0.25, 0.3) is 5.91 Å². The van der Waals surface area contributed by atoms with E-state index in [1.807, 2.05) is 0 Å². The number of pyridine rings is 1. The van der Waals surface area contributed by atoms with Gasteiger partial charge in [0.2, 0.25) is 5.91 Å². The molecule has 1 heterocycles. The Kier molecular flexibility index (Phi) is 4.14. The maximum Gasteiger partial charge on any atom is 0.274 e. The Labute approximate surface area is 124 Å². The number of halogens is 1. The first-order valence-electron chi connectivity index (χ1n) is 5.81. The quantitative estimate of drug-likeness (QED) is 0.904. The topological polar surface area (TPSA) is 85.1 Å². The number of benzene rings is 1. The van der Waals surface area contributed by atoms with Crippen molar-refractivity contribution in [1.82, 2.24) is 4.98 Å². The van der Waals surface area contributed by atoms with E-state index >= 15 is 0 Å². The van der Waals surface area contributed by atoms with Crippen molar-refractivity contribution in [2.45, 2.75) is 6.92 Å². The average Bonchev–Trinajstić information content (AvgIpc) is 2.41. The van der Waals surface area contributed by atoms with Gasteiger partial charge in [-0.3, -0.25) is 9.59 Å². The van der Waals surface area contributed by atoms with Crippen LogP contribution in [0.4, 0.5) is 5.69 Å². The molecule has 2 rings (SSSR count). The molecule has 6 heteroatoms. The molecular weight excluding hydrogens is 322 g/mol. The third-order valence-corrected chi connectivity index (χ3v) is 3.19. The first-order valence-corrected chi connectivity index (χ1v) is 6.60. The third kappa shape index (κ3) is 3.21. The Hall–Kier alpha value is -2.21. The van der Waals surface area contributed by atoms with E-state index in [-0.39, 0.29) is 5.91 Å². The molecule has 0 saturated carbocycles. The number of nitrogens with zero attached hydrogens (tertiary/aromatic N) is 1. The number of hydrogen-bond donors (Lipinski definition) is 2. The van der Waals surface area contributed by atoms with E-state index in [0.29, 0.717) is 16.9 Å². The highest BCUT2D eigenvalue weighted by atomic mass is 79.9. The molecule has 5 nitrogen and oxygen atoms in total. The maximum absolute atomic E-state index is 12.0. The van der Waals surface area contributed by atoms with Crippen LogP contribution in [0.5, 0.6) is 0 Å². The van der Waals surface area contributed by atoms with Gasteiger partial charge in [-0.1, -0.05) is 0 Å². The summed E-state index contributed by atoms with van der Waals surface area (Å²) >= 11 is 3.26. The maximum atomic E-state index is 12.0. The first kappa shape index (κ1) is 14.2. The summed E-state index contributed by atoms with van der Waals surface area (Å²) in [4.78, 5) is 27.1. The van der Waals surface area contributed by atoms with Crippen molar-refractivity contribution >= 4 is 33.4 Å². The monoisotopic (exact) mass is 333 g/mol. The summed E-state index contributed by atoms with van der Waals surface area (Å²) in [5.74, 6) is -0.812. The predicted molar refractivity (Wildman–Crippen MR) is 79.6 cm³/mol. The lowest BCUT2D eigenvalue weighted by molar-refractivity contribution is 0.0998. The van der Waals surface area contributed by atoms with Gasteiger partial charge >= 0.3 is 0 Å². The van der Waals surface area contributed by atoms with Crippen LogP contribution in [0.1, 0.15) is 26.4 Å². The molecule has 0 unspecified atom stereocenters. The fourth-order valence-corrected chi connectivity index (χ4v) is 1.89. The van der Waals surface area contributed by atoms with Crippen molar-refractivity contribution < 1.29 is 9.59 Å². The number of nitrogens with two attached hydrogens (primary N) is 1. The number of nitrogens with one attached hydrogen (secondary N) is 1. The van der Waals surface area contributed by atoms with Crippen molar-refractivity contribution in [2.75, 3.05) is 5.32 Å². The van der Waals surface area contributed by atoms with Gasteiger partial charge in [-0.2, -0.15) is 0 Å². The molecule has 102 valence electrons. The minimum Gasteiger partial charge on any atom is -0.366 e. The van der Waals surface area contributed by atoms with Crippen molar-refractivity contribution in [3.8, 4) is 0 Å². The third-order valence-electron chi connectivity index (χ3n) is 2.72. The molecule has 2 amide bonds. The number of carbonyl (C=O) groups is 2. The zero-order valence-electron chi connectivity index (χ0n) is 10.7. The van der Waals surface area contributed by atoms with E-state index in [2.05, 4.69) is 26.2 Å². The minimum atomic E-state index is -0.499. The van der Waals surface area contributed by atoms with Gasteiger partial charge in [-0.25, -0.2) is 4.98 Å². The molecule has 0 bridgehead atoms. The Morgan fingerprint density at radius 2 is 2.00 bits per heavy atom. The van der Waals surface area contributed by atoms with Crippen LogP contribution < -0.4 is 11.1 Å². The lowest BCUT2D eigenvalue weighted by Gasteiger charge is -2.09. The van der Waals surface area contributed by atoms with Crippen LogP contribution in [-0.2, 0) is 0 Å². The number of anilines is 1. The van der Waals surface area contributed by atoms with Crippen LogP contribution in [0, 0.1) is 6.92 Å². The molecule has 0 aliphatic rings. The molecule has 0 fully saturated rings. The fraction of sp³-hybridized carbons (Fsp3) is 0.0714. The smallest absolute Gasteiger partial charge is 0.274 e. The molecule has 1 aromatic carbocycles. The number of aromatic nitrogens is 1.